The molecule has 0 aromatic heterocycles. The van der Waals surface area contributed by atoms with Crippen LogP contribution in [0.25, 0.3) is 0 Å². The van der Waals surface area contributed by atoms with Crippen LogP contribution in [-0.2, 0) is 0 Å². The number of thioether (sulfide) groups is 1. The van der Waals surface area contributed by atoms with Crippen LogP contribution >= 0.6 is 11.8 Å². The van der Waals surface area contributed by atoms with E-state index in [1.54, 1.807) is 0 Å². The zero-order valence-electron chi connectivity index (χ0n) is 9.19. The summed E-state index contributed by atoms with van der Waals surface area (Å²) in [7, 11) is 0. The van der Waals surface area contributed by atoms with Gasteiger partial charge in [-0.15, -0.1) is 12.1 Å². The van der Waals surface area contributed by atoms with Crippen LogP contribution in [0.3, 0.4) is 0 Å². The molecular formula is C8H15BF3KS. The van der Waals surface area contributed by atoms with Crippen molar-refractivity contribution in [1.29, 1.82) is 0 Å². The second kappa shape index (κ2) is 7.79. The van der Waals surface area contributed by atoms with Gasteiger partial charge in [-0.25, -0.2) is 0 Å². The molecule has 0 aliphatic carbocycles. The minimum Gasteiger partial charge on any atom is -0.445 e. The molecular weight excluding hydrogens is 235 g/mol. The van der Waals surface area contributed by atoms with Crippen molar-refractivity contribution in [2.24, 2.45) is 5.92 Å². The van der Waals surface area contributed by atoms with Gasteiger partial charge in [0, 0.05) is 5.25 Å². The van der Waals surface area contributed by atoms with E-state index in [0.717, 1.165) is 0 Å². The van der Waals surface area contributed by atoms with E-state index in [9.17, 15) is 12.9 Å². The van der Waals surface area contributed by atoms with Gasteiger partial charge in [-0.3, -0.25) is 0 Å². The smallest absolute Gasteiger partial charge is 0.445 e. The van der Waals surface area contributed by atoms with Crippen molar-refractivity contribution in [3.63, 3.8) is 0 Å². The van der Waals surface area contributed by atoms with Crippen LogP contribution in [0, 0.1) is 5.92 Å². The molecule has 0 spiro atoms. The van der Waals surface area contributed by atoms with Gasteiger partial charge in [0.15, 0.2) is 0 Å². The van der Waals surface area contributed by atoms with Crippen LogP contribution in [0.15, 0.2) is 12.1 Å². The Bertz CT molecular complexity index is 182. The number of hydrogen-bond donors (Lipinski definition) is 0. The zero-order valence-corrected chi connectivity index (χ0v) is 13.1. The Labute approximate surface area is 131 Å². The molecule has 78 valence electrons. The Morgan fingerprint density at radius 3 is 2.00 bits per heavy atom. The van der Waals surface area contributed by atoms with E-state index in [2.05, 4.69) is 6.58 Å². The van der Waals surface area contributed by atoms with Crippen molar-refractivity contribution in [3.05, 3.63) is 12.1 Å². The summed E-state index contributed by atoms with van der Waals surface area (Å²) >= 11 is 1.32. The molecule has 0 saturated heterocycles. The van der Waals surface area contributed by atoms with Crippen LogP contribution in [0.1, 0.15) is 20.8 Å². The first kappa shape index (κ1) is 18.0. The fraction of sp³-hybridized carbons (Fsp3) is 0.750. The monoisotopic (exact) mass is 250 g/mol. The Kier molecular flexibility index (Phi) is 9.99. The van der Waals surface area contributed by atoms with Crippen molar-refractivity contribution >= 4 is 18.7 Å². The van der Waals surface area contributed by atoms with Gasteiger partial charge >= 0.3 is 58.4 Å². The molecule has 6 heteroatoms. The van der Waals surface area contributed by atoms with E-state index < -0.39 is 12.4 Å². The molecule has 0 heterocycles. The van der Waals surface area contributed by atoms with Crippen molar-refractivity contribution in [2.75, 3.05) is 5.75 Å². The molecule has 14 heavy (non-hydrogen) atoms. The third-order valence-corrected chi connectivity index (χ3v) is 3.54. The molecule has 0 aromatic carbocycles. The Morgan fingerprint density at radius 1 is 1.29 bits per heavy atom. The normalized spacial score (nSPS) is 13.6. The first-order valence-electron chi connectivity index (χ1n) is 4.24. The van der Waals surface area contributed by atoms with Gasteiger partial charge in [-0.1, -0.05) is 20.8 Å². The van der Waals surface area contributed by atoms with Gasteiger partial charge in [-0.05, 0) is 11.7 Å². The van der Waals surface area contributed by atoms with Crippen LogP contribution in [-0.4, -0.2) is 18.0 Å². The second-order valence-electron chi connectivity index (χ2n) is 3.49. The standard InChI is InChI=1S/C8H15BF3S.K/c1-6(2)8(4)13-5-7(3)9(10,11)12;/h6,8H,3,5H2,1-2,4H3;/q-1;+1. The fourth-order valence-corrected chi connectivity index (χ4v) is 1.58. The van der Waals surface area contributed by atoms with Gasteiger partial charge < -0.3 is 12.9 Å². The molecule has 1 unspecified atom stereocenters. The molecule has 0 N–H and O–H groups in total. The van der Waals surface area contributed by atoms with Gasteiger partial charge in [0.1, 0.15) is 0 Å². The van der Waals surface area contributed by atoms with E-state index in [-0.39, 0.29) is 62.4 Å². The van der Waals surface area contributed by atoms with Crippen LogP contribution in [0.2, 0.25) is 0 Å². The first-order chi connectivity index (χ1) is 5.75. The molecule has 0 fully saturated rings. The predicted octanol–water partition coefficient (Wildman–Crippen LogP) is 0.711. The summed E-state index contributed by atoms with van der Waals surface area (Å²) in [6.07, 6.45) is 0. The molecule has 0 rings (SSSR count). The maximum Gasteiger partial charge on any atom is 1.00 e. The Hall–Kier alpha value is 1.58. The molecule has 0 radical (unpaired) electrons. The fourth-order valence-electron chi connectivity index (χ4n) is 0.525. The minimum absolute atomic E-state index is 0. The summed E-state index contributed by atoms with van der Waals surface area (Å²) in [5.41, 5.74) is -0.586. The van der Waals surface area contributed by atoms with Crippen molar-refractivity contribution < 1.29 is 64.3 Å². The minimum atomic E-state index is -4.84. The molecule has 0 bridgehead atoms. The van der Waals surface area contributed by atoms with Crippen LogP contribution in [0.4, 0.5) is 12.9 Å². The number of rotatable bonds is 5. The van der Waals surface area contributed by atoms with E-state index in [4.69, 9.17) is 0 Å². The molecule has 1 atom stereocenters. The maximum atomic E-state index is 12.1. The summed E-state index contributed by atoms with van der Waals surface area (Å²) < 4.78 is 36.2. The molecule has 0 aliphatic rings. The second-order valence-corrected chi connectivity index (χ2v) is 4.86. The van der Waals surface area contributed by atoms with Crippen molar-refractivity contribution in [1.82, 2.24) is 0 Å². The summed E-state index contributed by atoms with van der Waals surface area (Å²) in [5, 5.41) is 0.245. The SMILES string of the molecule is C=C(CSC(C)C(C)C)[B-](F)(F)F.[K+]. The van der Waals surface area contributed by atoms with Gasteiger partial charge in [0.05, 0.1) is 0 Å². The maximum absolute atomic E-state index is 12.1. The molecule has 0 saturated carbocycles. The van der Waals surface area contributed by atoms with E-state index in [1.165, 1.54) is 11.8 Å². The zero-order chi connectivity index (χ0) is 10.6. The molecule has 0 aromatic rings. The van der Waals surface area contributed by atoms with E-state index >= 15 is 0 Å². The largest absolute Gasteiger partial charge is 1.00 e. The molecule has 0 aliphatic heterocycles. The van der Waals surface area contributed by atoms with E-state index in [0.29, 0.717) is 5.92 Å². The summed E-state index contributed by atoms with van der Waals surface area (Å²) in [6.45, 7) is 4.14. The van der Waals surface area contributed by atoms with Gasteiger partial charge in [0.2, 0.25) is 0 Å². The third kappa shape index (κ3) is 7.82. The molecule has 0 amide bonds. The summed E-state index contributed by atoms with van der Waals surface area (Å²) in [6, 6.07) is 0. The number of hydrogen-bond acceptors (Lipinski definition) is 1. The molecule has 0 nitrogen and oxygen atoms in total. The van der Waals surface area contributed by atoms with Crippen LogP contribution in [0.5, 0.6) is 0 Å². The van der Waals surface area contributed by atoms with Crippen molar-refractivity contribution in [3.8, 4) is 0 Å². The van der Waals surface area contributed by atoms with Crippen LogP contribution < -0.4 is 51.4 Å². The Morgan fingerprint density at radius 2 is 1.71 bits per heavy atom. The van der Waals surface area contributed by atoms with Crippen molar-refractivity contribution in [2.45, 2.75) is 26.0 Å². The van der Waals surface area contributed by atoms with Gasteiger partial charge in [-0.2, -0.15) is 11.8 Å². The quantitative estimate of drug-likeness (QED) is 0.648. The summed E-state index contributed by atoms with van der Waals surface area (Å²) in [5.74, 6) is 0.404. The first-order valence-corrected chi connectivity index (χ1v) is 5.29. The van der Waals surface area contributed by atoms with Gasteiger partial charge in [0.25, 0.3) is 0 Å². The average molecular weight is 250 g/mol. The topological polar surface area (TPSA) is 0 Å². The third-order valence-electron chi connectivity index (χ3n) is 1.93. The summed E-state index contributed by atoms with van der Waals surface area (Å²) in [4.78, 5) is 0. The number of halogens is 3. The van der Waals surface area contributed by atoms with E-state index in [1.807, 2.05) is 20.8 Å². The average Bonchev–Trinajstić information content (AvgIpc) is 1.97. The Balaban J connectivity index is 0. The predicted molar refractivity (Wildman–Crippen MR) is 55.0 cm³/mol.